The topological polar surface area (TPSA) is 16.4 Å². The van der Waals surface area contributed by atoms with Crippen molar-refractivity contribution in [3.8, 4) is 22.3 Å². The molecule has 0 radical (unpaired) electrons. The molecule has 0 fully saturated rings. The molecule has 0 aliphatic heterocycles. The first-order valence-electron chi connectivity index (χ1n) is 19.0. The molecule has 2 unspecified atom stereocenters. The van der Waals surface area contributed by atoms with E-state index in [0.717, 1.165) is 34.8 Å². The number of nitrogens with zero attached hydrogens (tertiary/aromatic N) is 1. The average molecular weight is 694 g/mol. The van der Waals surface area contributed by atoms with E-state index in [-0.39, 0.29) is 5.92 Å². The third-order valence-corrected chi connectivity index (χ3v) is 11.2. The first-order valence-corrected chi connectivity index (χ1v) is 19.0. The van der Waals surface area contributed by atoms with Gasteiger partial charge in [-0.05, 0) is 82.3 Å². The maximum absolute atomic E-state index is 6.26. The van der Waals surface area contributed by atoms with Crippen LogP contribution in [-0.4, -0.2) is 0 Å². The second-order valence-electron chi connectivity index (χ2n) is 14.4. The zero-order valence-electron chi connectivity index (χ0n) is 29.9. The minimum absolute atomic E-state index is 0.233. The molecule has 3 aliphatic rings. The van der Waals surface area contributed by atoms with Crippen LogP contribution < -0.4 is 4.90 Å². The Hall–Kier alpha value is -6.64. The molecule has 7 aromatic rings. The van der Waals surface area contributed by atoms with Crippen molar-refractivity contribution < 1.29 is 4.42 Å². The summed E-state index contributed by atoms with van der Waals surface area (Å²) in [5, 5.41) is 1.21. The fourth-order valence-corrected chi connectivity index (χ4v) is 8.41. The SMILES string of the molecule is C1=CCC(c2ccc(-c3ccccc3N(c3ccc(C4=C[C@@H]5c6c(oc7ccccc67)C=CC5C=C4)cc3)c3ccc(-c4ccccc4)cc3)cc2)C=C1. The van der Waals surface area contributed by atoms with Crippen LogP contribution >= 0.6 is 0 Å². The van der Waals surface area contributed by atoms with E-state index in [1.165, 1.54) is 49.9 Å². The van der Waals surface area contributed by atoms with Gasteiger partial charge in [0.15, 0.2) is 0 Å². The van der Waals surface area contributed by atoms with E-state index >= 15 is 0 Å². The van der Waals surface area contributed by atoms with Crippen molar-refractivity contribution in [2.75, 3.05) is 4.90 Å². The number of hydrogen-bond donors (Lipinski definition) is 0. The quantitative estimate of drug-likeness (QED) is 0.165. The van der Waals surface area contributed by atoms with E-state index < -0.39 is 0 Å². The lowest BCUT2D eigenvalue weighted by Gasteiger charge is -2.29. The highest BCUT2D eigenvalue weighted by Crippen LogP contribution is 2.46. The Morgan fingerprint density at radius 3 is 1.98 bits per heavy atom. The highest BCUT2D eigenvalue weighted by atomic mass is 16.3. The Balaban J connectivity index is 1.03. The molecule has 0 saturated heterocycles. The van der Waals surface area contributed by atoms with Gasteiger partial charge < -0.3 is 9.32 Å². The normalized spacial score (nSPS) is 18.3. The molecule has 2 heteroatoms. The lowest BCUT2D eigenvalue weighted by Crippen LogP contribution is -2.14. The molecule has 6 aromatic carbocycles. The lowest BCUT2D eigenvalue weighted by molar-refractivity contribution is 0.578. The number of para-hydroxylation sites is 2. The Kier molecular flexibility index (Phi) is 8.15. The molecule has 10 rings (SSSR count). The predicted octanol–water partition coefficient (Wildman–Crippen LogP) is 14.2. The maximum Gasteiger partial charge on any atom is 0.135 e. The lowest BCUT2D eigenvalue weighted by atomic mass is 9.76. The molecular formula is C52H39NO. The summed E-state index contributed by atoms with van der Waals surface area (Å²) < 4.78 is 6.26. The fourth-order valence-electron chi connectivity index (χ4n) is 8.41. The van der Waals surface area contributed by atoms with Crippen molar-refractivity contribution in [2.24, 2.45) is 5.92 Å². The third kappa shape index (κ3) is 5.87. The van der Waals surface area contributed by atoms with E-state index in [2.05, 4.69) is 205 Å². The van der Waals surface area contributed by atoms with Crippen LogP contribution in [0.4, 0.5) is 17.1 Å². The van der Waals surface area contributed by atoms with Crippen LogP contribution in [0.3, 0.4) is 0 Å². The van der Waals surface area contributed by atoms with Gasteiger partial charge in [-0.2, -0.15) is 0 Å². The summed E-state index contributed by atoms with van der Waals surface area (Å²) in [5.74, 6) is 1.95. The van der Waals surface area contributed by atoms with E-state index in [1.807, 2.05) is 6.07 Å². The summed E-state index contributed by atoms with van der Waals surface area (Å²) in [6.45, 7) is 0. The number of fused-ring (bicyclic) bond motifs is 5. The van der Waals surface area contributed by atoms with Crippen molar-refractivity contribution >= 4 is 39.7 Å². The van der Waals surface area contributed by atoms with E-state index in [0.29, 0.717) is 11.8 Å². The molecule has 0 bridgehead atoms. The van der Waals surface area contributed by atoms with Crippen molar-refractivity contribution in [1.29, 1.82) is 0 Å². The zero-order chi connectivity index (χ0) is 35.8. The Morgan fingerprint density at radius 1 is 0.537 bits per heavy atom. The minimum atomic E-state index is 0.233. The van der Waals surface area contributed by atoms with Crippen LogP contribution in [0, 0.1) is 5.92 Å². The molecule has 258 valence electrons. The smallest absolute Gasteiger partial charge is 0.135 e. The zero-order valence-corrected chi connectivity index (χ0v) is 29.9. The molecule has 2 nitrogen and oxygen atoms in total. The standard InChI is InChI=1S/C52H39NO/c1-3-11-36(12-4-1)38-19-21-41(22-20-38)46-15-7-9-17-49(46)53(44-30-25-39(26-31-44)37-13-5-2-6-14-37)45-32-27-40(28-33-45)43-24-23-42-29-34-51-52(48(42)35-43)47-16-8-10-18-50(47)54-51/h1-11,13-36,42,48H,12H2/t36?,42?,48-/m0/s1. The average Bonchev–Trinajstić information content (AvgIpc) is 3.64. The van der Waals surface area contributed by atoms with Gasteiger partial charge in [0.25, 0.3) is 0 Å². The highest BCUT2D eigenvalue weighted by Gasteiger charge is 2.30. The largest absolute Gasteiger partial charge is 0.456 e. The first kappa shape index (κ1) is 32.0. The van der Waals surface area contributed by atoms with Crippen LogP contribution in [0.25, 0.3) is 44.9 Å². The molecular weight excluding hydrogens is 655 g/mol. The Morgan fingerprint density at radius 2 is 1.20 bits per heavy atom. The predicted molar refractivity (Wildman–Crippen MR) is 226 cm³/mol. The van der Waals surface area contributed by atoms with Crippen LogP contribution in [0.15, 0.2) is 205 Å². The van der Waals surface area contributed by atoms with Crippen molar-refractivity contribution in [3.05, 3.63) is 223 Å². The maximum atomic E-state index is 6.26. The summed E-state index contributed by atoms with van der Waals surface area (Å²) in [6.07, 6.45) is 21.4. The van der Waals surface area contributed by atoms with Crippen LogP contribution in [0.1, 0.15) is 40.7 Å². The summed E-state index contributed by atoms with van der Waals surface area (Å²) in [5.41, 5.74) is 14.2. The molecule has 0 amide bonds. The van der Waals surface area contributed by atoms with Gasteiger partial charge in [0, 0.05) is 45.6 Å². The van der Waals surface area contributed by atoms with E-state index in [1.54, 1.807) is 0 Å². The van der Waals surface area contributed by atoms with Gasteiger partial charge in [-0.25, -0.2) is 0 Å². The number of anilines is 3. The summed E-state index contributed by atoms with van der Waals surface area (Å²) >= 11 is 0. The monoisotopic (exact) mass is 693 g/mol. The molecule has 0 saturated carbocycles. The van der Waals surface area contributed by atoms with Gasteiger partial charge in [0.05, 0.1) is 5.69 Å². The molecule has 3 aliphatic carbocycles. The number of allylic oxidation sites excluding steroid dienone is 9. The number of hydrogen-bond acceptors (Lipinski definition) is 2. The Bertz CT molecular complexity index is 2620. The van der Waals surface area contributed by atoms with Crippen molar-refractivity contribution in [2.45, 2.75) is 18.3 Å². The fraction of sp³-hybridized carbons (Fsp3) is 0.0769. The second kappa shape index (κ2) is 13.7. The third-order valence-electron chi connectivity index (χ3n) is 11.2. The molecule has 0 spiro atoms. The summed E-state index contributed by atoms with van der Waals surface area (Å²) in [6, 6.07) is 55.0. The van der Waals surface area contributed by atoms with E-state index in [9.17, 15) is 0 Å². The number of rotatable bonds is 7. The molecule has 54 heavy (non-hydrogen) atoms. The molecule has 0 N–H and O–H groups in total. The number of furan rings is 1. The van der Waals surface area contributed by atoms with Gasteiger partial charge in [0.1, 0.15) is 11.3 Å². The van der Waals surface area contributed by atoms with Gasteiger partial charge >= 0.3 is 0 Å². The van der Waals surface area contributed by atoms with Gasteiger partial charge in [-0.15, -0.1) is 0 Å². The molecule has 1 heterocycles. The van der Waals surface area contributed by atoms with Crippen molar-refractivity contribution in [3.63, 3.8) is 0 Å². The minimum Gasteiger partial charge on any atom is -0.456 e. The van der Waals surface area contributed by atoms with Gasteiger partial charge in [-0.3, -0.25) is 0 Å². The Labute approximate surface area is 317 Å². The van der Waals surface area contributed by atoms with Crippen LogP contribution in [-0.2, 0) is 0 Å². The summed E-state index contributed by atoms with van der Waals surface area (Å²) in [7, 11) is 0. The van der Waals surface area contributed by atoms with Gasteiger partial charge in [-0.1, -0.05) is 164 Å². The van der Waals surface area contributed by atoms with Crippen LogP contribution in [0.2, 0.25) is 0 Å². The van der Waals surface area contributed by atoms with Crippen LogP contribution in [0.5, 0.6) is 0 Å². The highest BCUT2D eigenvalue weighted by molar-refractivity contribution is 5.91. The first-order chi connectivity index (χ1) is 26.8. The summed E-state index contributed by atoms with van der Waals surface area (Å²) in [4.78, 5) is 2.40. The molecule has 1 aromatic heterocycles. The van der Waals surface area contributed by atoms with Gasteiger partial charge in [0.2, 0.25) is 0 Å². The van der Waals surface area contributed by atoms with Crippen molar-refractivity contribution in [1.82, 2.24) is 0 Å². The number of benzene rings is 6. The second-order valence-corrected chi connectivity index (χ2v) is 14.4. The van der Waals surface area contributed by atoms with E-state index in [4.69, 9.17) is 4.42 Å². The molecule has 3 atom stereocenters.